The van der Waals surface area contributed by atoms with E-state index in [0.29, 0.717) is 4.90 Å². The van der Waals surface area contributed by atoms with Crippen molar-refractivity contribution in [1.29, 1.82) is 0 Å². The lowest BCUT2D eigenvalue weighted by Gasteiger charge is -2.16. The molecule has 1 aliphatic rings. The molecule has 0 radical (unpaired) electrons. The first kappa shape index (κ1) is 12.6. The molecule has 0 saturated heterocycles. The van der Waals surface area contributed by atoms with Gasteiger partial charge in [0.15, 0.2) is 0 Å². The monoisotopic (exact) mass is 277 g/mol. The van der Waals surface area contributed by atoms with Gasteiger partial charge >= 0.3 is 0 Å². The molecule has 0 fully saturated rings. The van der Waals surface area contributed by atoms with Crippen molar-refractivity contribution >= 4 is 11.8 Å². The fraction of sp³-hybridized carbons (Fsp3) is 0.200. The number of halogens is 2. The van der Waals surface area contributed by atoms with Gasteiger partial charge in [0.25, 0.3) is 0 Å². The molecule has 0 aromatic heterocycles. The highest BCUT2D eigenvalue weighted by Gasteiger charge is 2.30. The number of nitrogens with two attached hydrogens (primary N) is 1. The second-order valence-electron chi connectivity index (χ2n) is 4.66. The zero-order valence-electron chi connectivity index (χ0n) is 10.1. The highest BCUT2D eigenvalue weighted by atomic mass is 32.2. The van der Waals surface area contributed by atoms with E-state index in [1.807, 2.05) is 24.3 Å². The molecule has 19 heavy (non-hydrogen) atoms. The molecule has 2 atom stereocenters. The summed E-state index contributed by atoms with van der Waals surface area (Å²) in [5, 5.41) is 0.0497. The van der Waals surface area contributed by atoms with E-state index < -0.39 is 11.6 Å². The van der Waals surface area contributed by atoms with E-state index >= 15 is 0 Å². The molecule has 2 unspecified atom stereocenters. The highest BCUT2D eigenvalue weighted by Crippen LogP contribution is 2.40. The predicted molar refractivity (Wildman–Crippen MR) is 73.1 cm³/mol. The molecule has 4 heteroatoms. The molecule has 2 aromatic rings. The van der Waals surface area contributed by atoms with E-state index in [9.17, 15) is 8.78 Å². The van der Waals surface area contributed by atoms with Crippen molar-refractivity contribution in [1.82, 2.24) is 0 Å². The number of hydrogen-bond donors (Lipinski definition) is 1. The van der Waals surface area contributed by atoms with Gasteiger partial charge in [-0.25, -0.2) is 8.78 Å². The smallest absolute Gasteiger partial charge is 0.136 e. The molecule has 1 nitrogen and oxygen atoms in total. The zero-order chi connectivity index (χ0) is 13.4. The quantitative estimate of drug-likeness (QED) is 0.906. The third-order valence-corrected chi connectivity index (χ3v) is 4.74. The van der Waals surface area contributed by atoms with Gasteiger partial charge in [-0.3, -0.25) is 0 Å². The van der Waals surface area contributed by atoms with E-state index in [-0.39, 0.29) is 11.3 Å². The van der Waals surface area contributed by atoms with Crippen LogP contribution in [-0.4, -0.2) is 5.25 Å². The summed E-state index contributed by atoms with van der Waals surface area (Å²) >= 11 is 1.32. The summed E-state index contributed by atoms with van der Waals surface area (Å²) in [7, 11) is 0. The van der Waals surface area contributed by atoms with Gasteiger partial charge in [-0.15, -0.1) is 11.8 Å². The molecule has 0 amide bonds. The van der Waals surface area contributed by atoms with Crippen LogP contribution in [0.25, 0.3) is 0 Å². The molecule has 2 aromatic carbocycles. The molecule has 0 aliphatic heterocycles. The average molecular weight is 277 g/mol. The van der Waals surface area contributed by atoms with Gasteiger partial charge in [-0.2, -0.15) is 0 Å². The second-order valence-corrected chi connectivity index (χ2v) is 5.94. The van der Waals surface area contributed by atoms with Crippen LogP contribution in [-0.2, 0) is 6.42 Å². The molecule has 0 heterocycles. The van der Waals surface area contributed by atoms with Crippen LogP contribution in [0.2, 0.25) is 0 Å². The fourth-order valence-electron chi connectivity index (χ4n) is 2.43. The third kappa shape index (κ3) is 2.38. The normalized spacial score (nSPS) is 21.4. The Morgan fingerprint density at radius 2 is 1.89 bits per heavy atom. The topological polar surface area (TPSA) is 26.0 Å². The Morgan fingerprint density at radius 3 is 2.68 bits per heavy atom. The van der Waals surface area contributed by atoms with Gasteiger partial charge in [0.2, 0.25) is 0 Å². The van der Waals surface area contributed by atoms with Crippen LogP contribution < -0.4 is 5.73 Å². The molecule has 1 aliphatic carbocycles. The third-order valence-electron chi connectivity index (χ3n) is 3.41. The first-order valence-corrected chi connectivity index (χ1v) is 6.98. The van der Waals surface area contributed by atoms with Crippen molar-refractivity contribution < 1.29 is 8.78 Å². The van der Waals surface area contributed by atoms with Crippen molar-refractivity contribution in [2.45, 2.75) is 22.6 Å². The maximum absolute atomic E-state index is 13.7. The second kappa shape index (κ2) is 4.94. The van der Waals surface area contributed by atoms with Crippen molar-refractivity contribution in [3.8, 4) is 0 Å². The van der Waals surface area contributed by atoms with E-state index in [1.54, 1.807) is 0 Å². The van der Waals surface area contributed by atoms with Crippen molar-refractivity contribution in [3.63, 3.8) is 0 Å². The summed E-state index contributed by atoms with van der Waals surface area (Å²) in [6.07, 6.45) is 0.790. The van der Waals surface area contributed by atoms with Crippen LogP contribution in [0.5, 0.6) is 0 Å². The Morgan fingerprint density at radius 1 is 1.11 bits per heavy atom. The number of benzene rings is 2. The molecule has 0 spiro atoms. The summed E-state index contributed by atoms with van der Waals surface area (Å²) in [6, 6.07) is 11.4. The Labute approximate surface area is 114 Å². The van der Waals surface area contributed by atoms with Crippen molar-refractivity contribution in [3.05, 3.63) is 65.2 Å². The Balaban J connectivity index is 1.85. The van der Waals surface area contributed by atoms with Gasteiger partial charge in [0, 0.05) is 16.2 Å². The summed E-state index contributed by atoms with van der Waals surface area (Å²) in [6.45, 7) is 0. The van der Waals surface area contributed by atoms with Crippen molar-refractivity contribution in [2.75, 3.05) is 0 Å². The van der Waals surface area contributed by atoms with Gasteiger partial charge < -0.3 is 5.73 Å². The number of thioether (sulfide) groups is 1. The molecule has 3 rings (SSSR count). The summed E-state index contributed by atoms with van der Waals surface area (Å²) in [5.74, 6) is -0.817. The average Bonchev–Trinajstić information content (AvgIpc) is 2.72. The predicted octanol–water partition coefficient (Wildman–Crippen LogP) is 3.68. The number of fused-ring (bicyclic) bond motifs is 1. The maximum atomic E-state index is 13.7. The first-order chi connectivity index (χ1) is 9.15. The minimum Gasteiger partial charge on any atom is -0.323 e. The highest BCUT2D eigenvalue weighted by molar-refractivity contribution is 8.00. The minimum absolute atomic E-state index is 0.0497. The Kier molecular flexibility index (Phi) is 3.29. The molecule has 0 saturated carbocycles. The van der Waals surface area contributed by atoms with Crippen LogP contribution in [0.15, 0.2) is 47.4 Å². The van der Waals surface area contributed by atoms with Crippen LogP contribution in [0.3, 0.4) is 0 Å². The van der Waals surface area contributed by atoms with Crippen LogP contribution in [0.1, 0.15) is 17.2 Å². The lowest BCUT2D eigenvalue weighted by Crippen LogP contribution is -2.19. The summed E-state index contributed by atoms with van der Waals surface area (Å²) < 4.78 is 26.8. The molecular weight excluding hydrogens is 264 g/mol. The van der Waals surface area contributed by atoms with Crippen LogP contribution in [0, 0.1) is 11.6 Å². The van der Waals surface area contributed by atoms with Crippen LogP contribution >= 0.6 is 11.8 Å². The first-order valence-electron chi connectivity index (χ1n) is 6.10. The van der Waals surface area contributed by atoms with Gasteiger partial charge in [-0.1, -0.05) is 24.3 Å². The number of rotatable bonds is 2. The molecule has 98 valence electrons. The number of hydrogen-bond acceptors (Lipinski definition) is 2. The molecular formula is C15H13F2NS. The fourth-order valence-corrected chi connectivity index (χ4v) is 3.68. The zero-order valence-corrected chi connectivity index (χ0v) is 11.0. The Hall–Kier alpha value is -1.39. The Bertz CT molecular complexity index is 615. The van der Waals surface area contributed by atoms with Crippen LogP contribution in [0.4, 0.5) is 8.78 Å². The summed E-state index contributed by atoms with van der Waals surface area (Å²) in [5.41, 5.74) is 8.50. The van der Waals surface area contributed by atoms with Gasteiger partial charge in [0.05, 0.1) is 0 Å². The van der Waals surface area contributed by atoms with Gasteiger partial charge in [0.1, 0.15) is 11.6 Å². The SMILES string of the molecule is NC1c2ccccc2CC1Sc1cc(F)ccc1F. The largest absolute Gasteiger partial charge is 0.323 e. The van der Waals surface area contributed by atoms with E-state index in [2.05, 4.69) is 0 Å². The van der Waals surface area contributed by atoms with Crippen molar-refractivity contribution in [2.24, 2.45) is 5.73 Å². The van der Waals surface area contributed by atoms with Gasteiger partial charge in [-0.05, 0) is 35.7 Å². The maximum Gasteiger partial charge on any atom is 0.136 e. The van der Waals surface area contributed by atoms with E-state index in [1.165, 1.54) is 23.4 Å². The molecule has 2 N–H and O–H groups in total. The lowest BCUT2D eigenvalue weighted by atomic mass is 10.1. The molecule has 0 bridgehead atoms. The van der Waals surface area contributed by atoms with E-state index in [0.717, 1.165) is 24.1 Å². The van der Waals surface area contributed by atoms with E-state index in [4.69, 9.17) is 5.73 Å². The lowest BCUT2D eigenvalue weighted by molar-refractivity contribution is 0.576. The summed E-state index contributed by atoms with van der Waals surface area (Å²) in [4.78, 5) is 0.327. The standard InChI is InChI=1S/C15H13F2NS/c16-10-5-6-12(17)13(8-10)19-14-7-9-3-1-2-4-11(9)15(14)18/h1-6,8,14-15H,7,18H2. The minimum atomic E-state index is -0.423.